The van der Waals surface area contributed by atoms with Gasteiger partial charge in [-0.3, -0.25) is 9.59 Å². The molecule has 2 amide bonds. The molecule has 0 spiro atoms. The van der Waals surface area contributed by atoms with Crippen molar-refractivity contribution in [2.75, 3.05) is 19.7 Å². The molecule has 1 aliphatic rings. The van der Waals surface area contributed by atoms with E-state index < -0.39 is 0 Å². The van der Waals surface area contributed by atoms with Crippen LogP contribution in [0.5, 0.6) is 11.5 Å². The van der Waals surface area contributed by atoms with Gasteiger partial charge < -0.3 is 20.1 Å². The van der Waals surface area contributed by atoms with Crippen LogP contribution in [0.2, 0.25) is 0 Å². The molecule has 0 aromatic heterocycles. The van der Waals surface area contributed by atoms with Gasteiger partial charge in [-0.1, -0.05) is 30.3 Å². The van der Waals surface area contributed by atoms with E-state index in [9.17, 15) is 14.7 Å². The Hall–Kier alpha value is -3.02. The summed E-state index contributed by atoms with van der Waals surface area (Å²) in [6, 6.07) is 16.0. The fourth-order valence-corrected chi connectivity index (χ4v) is 3.13. The summed E-state index contributed by atoms with van der Waals surface area (Å²) in [7, 11) is 0. The molecule has 0 bridgehead atoms. The van der Waals surface area contributed by atoms with Crippen molar-refractivity contribution < 1.29 is 19.4 Å². The standard InChI is InChI=1S/C21H24N2O4/c24-19-9-5-4-8-18(19)21(26)23-13-10-16(11-14-23)22-20(25)12-15-27-17-6-2-1-3-7-17/h1-9,16,24H,10-15H2,(H,22,25). The normalized spacial score (nSPS) is 14.6. The van der Waals surface area contributed by atoms with Crippen molar-refractivity contribution >= 4 is 11.8 Å². The van der Waals surface area contributed by atoms with Crippen molar-refractivity contribution in [2.24, 2.45) is 0 Å². The SMILES string of the molecule is O=C(CCOc1ccccc1)NC1CCN(C(=O)c2ccccc2O)CC1. The molecule has 2 aromatic rings. The first-order valence-electron chi connectivity index (χ1n) is 9.18. The van der Waals surface area contributed by atoms with E-state index >= 15 is 0 Å². The lowest BCUT2D eigenvalue weighted by Crippen LogP contribution is -2.46. The molecular weight excluding hydrogens is 344 g/mol. The van der Waals surface area contributed by atoms with Gasteiger partial charge in [0.2, 0.25) is 5.91 Å². The highest BCUT2D eigenvalue weighted by molar-refractivity contribution is 5.96. The van der Waals surface area contributed by atoms with Crippen LogP contribution in [-0.4, -0.2) is 47.6 Å². The molecule has 1 saturated heterocycles. The number of piperidine rings is 1. The molecule has 6 nitrogen and oxygen atoms in total. The molecule has 0 unspecified atom stereocenters. The molecule has 0 aliphatic carbocycles. The van der Waals surface area contributed by atoms with E-state index in [0.29, 0.717) is 44.5 Å². The lowest BCUT2D eigenvalue weighted by Gasteiger charge is -2.32. The third kappa shape index (κ3) is 5.23. The number of aromatic hydroxyl groups is 1. The zero-order chi connectivity index (χ0) is 19.1. The third-order valence-corrected chi connectivity index (χ3v) is 4.62. The second-order valence-electron chi connectivity index (χ2n) is 6.56. The molecule has 2 N–H and O–H groups in total. The maximum absolute atomic E-state index is 12.5. The number of rotatable bonds is 6. The van der Waals surface area contributed by atoms with E-state index in [1.54, 1.807) is 23.1 Å². The number of hydrogen-bond acceptors (Lipinski definition) is 4. The Morgan fingerprint density at radius 3 is 2.41 bits per heavy atom. The van der Waals surface area contributed by atoms with Gasteiger partial charge in [0.1, 0.15) is 11.5 Å². The van der Waals surface area contributed by atoms with Crippen LogP contribution in [-0.2, 0) is 4.79 Å². The quantitative estimate of drug-likeness (QED) is 0.821. The fourth-order valence-electron chi connectivity index (χ4n) is 3.13. The predicted octanol–water partition coefficient (Wildman–Crippen LogP) is 2.58. The number of nitrogens with zero attached hydrogens (tertiary/aromatic N) is 1. The summed E-state index contributed by atoms with van der Waals surface area (Å²) in [6.07, 6.45) is 1.70. The molecule has 2 aromatic carbocycles. The number of carbonyl (C=O) groups is 2. The van der Waals surface area contributed by atoms with Crippen molar-refractivity contribution in [3.8, 4) is 11.5 Å². The molecule has 6 heteroatoms. The van der Waals surface area contributed by atoms with Gasteiger partial charge in [0.05, 0.1) is 18.6 Å². The summed E-state index contributed by atoms with van der Waals surface area (Å²) in [6.45, 7) is 1.44. The molecule has 0 saturated carbocycles. The largest absolute Gasteiger partial charge is 0.507 e. The Labute approximate surface area is 158 Å². The smallest absolute Gasteiger partial charge is 0.257 e. The monoisotopic (exact) mass is 368 g/mol. The molecule has 1 heterocycles. The van der Waals surface area contributed by atoms with E-state index in [-0.39, 0.29) is 23.6 Å². The molecule has 142 valence electrons. The number of nitrogens with one attached hydrogen (secondary N) is 1. The number of carbonyl (C=O) groups excluding carboxylic acids is 2. The van der Waals surface area contributed by atoms with Gasteiger partial charge in [-0.15, -0.1) is 0 Å². The van der Waals surface area contributed by atoms with Gasteiger partial charge in [-0.05, 0) is 37.1 Å². The van der Waals surface area contributed by atoms with Crippen LogP contribution in [0.15, 0.2) is 54.6 Å². The number of amides is 2. The van der Waals surface area contributed by atoms with Crippen LogP contribution in [0.1, 0.15) is 29.6 Å². The summed E-state index contributed by atoms with van der Waals surface area (Å²) in [5, 5.41) is 12.8. The summed E-state index contributed by atoms with van der Waals surface area (Å²) in [5.41, 5.74) is 0.318. The lowest BCUT2D eigenvalue weighted by molar-refractivity contribution is -0.122. The maximum atomic E-state index is 12.5. The summed E-state index contributed by atoms with van der Waals surface area (Å²) < 4.78 is 5.54. The number of ether oxygens (including phenoxy) is 1. The Kier molecular flexibility index (Phi) is 6.30. The summed E-state index contributed by atoms with van der Waals surface area (Å²) >= 11 is 0. The first-order valence-corrected chi connectivity index (χ1v) is 9.18. The van der Waals surface area contributed by atoms with Crippen molar-refractivity contribution in [1.29, 1.82) is 0 Å². The molecular formula is C21H24N2O4. The zero-order valence-electron chi connectivity index (χ0n) is 15.1. The topological polar surface area (TPSA) is 78.9 Å². The Balaban J connectivity index is 1.39. The lowest BCUT2D eigenvalue weighted by atomic mass is 10.0. The summed E-state index contributed by atoms with van der Waals surface area (Å²) in [5.74, 6) is 0.531. The highest BCUT2D eigenvalue weighted by atomic mass is 16.5. The van der Waals surface area contributed by atoms with Crippen molar-refractivity contribution in [2.45, 2.75) is 25.3 Å². The minimum absolute atomic E-state index is 0.00339. The molecule has 0 radical (unpaired) electrons. The number of likely N-dealkylation sites (tertiary alicyclic amines) is 1. The zero-order valence-corrected chi connectivity index (χ0v) is 15.1. The maximum Gasteiger partial charge on any atom is 0.257 e. The number of hydrogen-bond donors (Lipinski definition) is 2. The van der Waals surface area contributed by atoms with Crippen molar-refractivity contribution in [1.82, 2.24) is 10.2 Å². The Morgan fingerprint density at radius 2 is 1.70 bits per heavy atom. The van der Waals surface area contributed by atoms with Gasteiger partial charge >= 0.3 is 0 Å². The van der Waals surface area contributed by atoms with E-state index in [1.807, 2.05) is 30.3 Å². The molecule has 0 atom stereocenters. The van der Waals surface area contributed by atoms with E-state index in [2.05, 4.69) is 5.32 Å². The second-order valence-corrected chi connectivity index (χ2v) is 6.56. The highest BCUT2D eigenvalue weighted by Crippen LogP contribution is 2.20. The fraction of sp³-hybridized carbons (Fsp3) is 0.333. The summed E-state index contributed by atoms with van der Waals surface area (Å²) in [4.78, 5) is 26.3. The number of benzene rings is 2. The van der Waals surface area contributed by atoms with E-state index in [4.69, 9.17) is 4.74 Å². The van der Waals surface area contributed by atoms with Crippen LogP contribution in [0, 0.1) is 0 Å². The van der Waals surface area contributed by atoms with Crippen LogP contribution < -0.4 is 10.1 Å². The average molecular weight is 368 g/mol. The van der Waals surface area contributed by atoms with Gasteiger partial charge in [0.25, 0.3) is 5.91 Å². The van der Waals surface area contributed by atoms with Crippen molar-refractivity contribution in [3.05, 3.63) is 60.2 Å². The number of phenols is 1. The van der Waals surface area contributed by atoms with Gasteiger partial charge in [-0.25, -0.2) is 0 Å². The van der Waals surface area contributed by atoms with Crippen molar-refractivity contribution in [3.63, 3.8) is 0 Å². The molecule has 1 aliphatic heterocycles. The minimum atomic E-state index is -0.172. The first kappa shape index (κ1) is 18.8. The van der Waals surface area contributed by atoms with E-state index in [0.717, 1.165) is 5.75 Å². The first-order chi connectivity index (χ1) is 13.1. The molecule has 1 fully saturated rings. The van der Waals surface area contributed by atoms with E-state index in [1.165, 1.54) is 6.07 Å². The van der Waals surface area contributed by atoms with Crippen LogP contribution in [0.25, 0.3) is 0 Å². The van der Waals surface area contributed by atoms with Gasteiger partial charge in [-0.2, -0.15) is 0 Å². The van der Waals surface area contributed by atoms with Crippen LogP contribution >= 0.6 is 0 Å². The second kappa shape index (κ2) is 9.07. The third-order valence-electron chi connectivity index (χ3n) is 4.62. The number of phenolic OH excluding ortho intramolecular Hbond substituents is 1. The highest BCUT2D eigenvalue weighted by Gasteiger charge is 2.25. The minimum Gasteiger partial charge on any atom is -0.507 e. The van der Waals surface area contributed by atoms with Crippen LogP contribution in [0.4, 0.5) is 0 Å². The number of para-hydroxylation sites is 2. The molecule has 3 rings (SSSR count). The Bertz CT molecular complexity index is 771. The van der Waals surface area contributed by atoms with Gasteiger partial charge in [0.15, 0.2) is 0 Å². The van der Waals surface area contributed by atoms with Crippen LogP contribution in [0.3, 0.4) is 0 Å². The Morgan fingerprint density at radius 1 is 1.04 bits per heavy atom. The van der Waals surface area contributed by atoms with Gasteiger partial charge in [0, 0.05) is 19.1 Å². The molecule has 27 heavy (non-hydrogen) atoms. The predicted molar refractivity (Wildman–Crippen MR) is 102 cm³/mol. The average Bonchev–Trinajstić information content (AvgIpc) is 2.69.